The van der Waals surface area contributed by atoms with E-state index in [1.54, 1.807) is 6.07 Å². The quantitative estimate of drug-likeness (QED) is 0.418. The average Bonchev–Trinajstić information content (AvgIpc) is 3.13. The van der Waals surface area contributed by atoms with Gasteiger partial charge in [-0.15, -0.1) is 0 Å². The van der Waals surface area contributed by atoms with E-state index >= 15 is 0 Å². The number of carbonyl (C=O) groups is 4. The van der Waals surface area contributed by atoms with Gasteiger partial charge < -0.3 is 15.0 Å². The standard InChI is InChI=1S/C18H15BrFN3O5/c1-28-17(27)18(8-14(21)24)16(26)22(15(25)13-3-2-6-23(13)18)9-10-4-5-11(19)7-12(10)20/h2-7H,8-9H2,1H3,(H2,21,24)/t18-/m0/s1. The first-order chi connectivity index (χ1) is 13.2. The summed E-state index contributed by atoms with van der Waals surface area (Å²) in [5, 5.41) is 0. The number of benzene rings is 1. The van der Waals surface area contributed by atoms with Crippen molar-refractivity contribution in [2.45, 2.75) is 18.5 Å². The molecule has 146 valence electrons. The number of nitrogens with zero attached hydrogens (tertiary/aromatic N) is 2. The summed E-state index contributed by atoms with van der Waals surface area (Å²) in [6.45, 7) is -0.431. The van der Waals surface area contributed by atoms with Crippen LogP contribution in [-0.4, -0.2) is 40.3 Å². The summed E-state index contributed by atoms with van der Waals surface area (Å²) < 4.78 is 20.6. The van der Waals surface area contributed by atoms with Crippen LogP contribution in [0.3, 0.4) is 0 Å². The largest absolute Gasteiger partial charge is 0.467 e. The first kappa shape index (κ1) is 19.7. The van der Waals surface area contributed by atoms with Crippen LogP contribution in [-0.2, 0) is 31.2 Å². The second kappa shape index (κ2) is 7.19. The molecule has 0 bridgehead atoms. The van der Waals surface area contributed by atoms with Crippen molar-refractivity contribution in [3.8, 4) is 0 Å². The summed E-state index contributed by atoms with van der Waals surface area (Å²) >= 11 is 3.13. The van der Waals surface area contributed by atoms with Gasteiger partial charge in [-0.1, -0.05) is 22.0 Å². The molecule has 0 fully saturated rings. The SMILES string of the molecule is COC(=O)[C@]1(CC(N)=O)C(=O)N(Cc2ccc(Br)cc2F)C(=O)c2cccn21. The first-order valence-electron chi connectivity index (χ1n) is 8.07. The molecule has 2 N–H and O–H groups in total. The molecular formula is C18H15BrFN3O5. The number of fused-ring (bicyclic) bond motifs is 1. The Kier molecular flexibility index (Phi) is 5.07. The van der Waals surface area contributed by atoms with Crippen molar-refractivity contribution in [3.63, 3.8) is 0 Å². The predicted octanol–water partition coefficient (Wildman–Crippen LogP) is 1.32. The molecule has 1 aromatic heterocycles. The number of carbonyl (C=O) groups excluding carboxylic acids is 4. The summed E-state index contributed by atoms with van der Waals surface area (Å²) in [6.07, 6.45) is 0.606. The second-order valence-corrected chi connectivity index (χ2v) is 7.11. The Morgan fingerprint density at radius 1 is 1.29 bits per heavy atom. The fourth-order valence-corrected chi connectivity index (χ4v) is 3.58. The van der Waals surface area contributed by atoms with Crippen molar-refractivity contribution < 1.29 is 28.3 Å². The Bertz CT molecular complexity index is 1000. The van der Waals surface area contributed by atoms with Gasteiger partial charge in [0, 0.05) is 16.2 Å². The van der Waals surface area contributed by atoms with Crippen molar-refractivity contribution in [1.82, 2.24) is 9.47 Å². The van der Waals surface area contributed by atoms with Crippen LogP contribution in [0.2, 0.25) is 0 Å². The monoisotopic (exact) mass is 451 g/mol. The predicted molar refractivity (Wildman–Crippen MR) is 97.2 cm³/mol. The minimum absolute atomic E-state index is 0.0243. The highest BCUT2D eigenvalue weighted by Crippen LogP contribution is 2.34. The summed E-state index contributed by atoms with van der Waals surface area (Å²) in [4.78, 5) is 51.2. The van der Waals surface area contributed by atoms with Crippen LogP contribution in [0.25, 0.3) is 0 Å². The van der Waals surface area contributed by atoms with Crippen molar-refractivity contribution in [3.05, 3.63) is 58.1 Å². The van der Waals surface area contributed by atoms with Gasteiger partial charge in [0.1, 0.15) is 11.5 Å². The molecule has 3 amide bonds. The summed E-state index contributed by atoms with van der Waals surface area (Å²) in [6, 6.07) is 6.98. The maximum atomic E-state index is 14.3. The number of ether oxygens (including phenoxy) is 1. The highest BCUT2D eigenvalue weighted by molar-refractivity contribution is 9.10. The highest BCUT2D eigenvalue weighted by Gasteiger charge is 2.57. The zero-order chi connectivity index (χ0) is 20.6. The molecule has 0 spiro atoms. The number of hydrogen-bond acceptors (Lipinski definition) is 5. The molecular weight excluding hydrogens is 437 g/mol. The fourth-order valence-electron chi connectivity index (χ4n) is 3.25. The van der Waals surface area contributed by atoms with E-state index in [1.807, 2.05) is 0 Å². The topological polar surface area (TPSA) is 112 Å². The van der Waals surface area contributed by atoms with Crippen LogP contribution in [0.1, 0.15) is 22.5 Å². The lowest BCUT2D eigenvalue weighted by Crippen LogP contribution is -2.62. The summed E-state index contributed by atoms with van der Waals surface area (Å²) in [5.74, 6) is -4.39. The number of methoxy groups -OCH3 is 1. The van der Waals surface area contributed by atoms with Crippen LogP contribution in [0.5, 0.6) is 0 Å². The fraction of sp³-hybridized carbons (Fsp3) is 0.222. The number of esters is 1. The normalized spacial score (nSPS) is 18.8. The Labute approximate surface area is 167 Å². The van der Waals surface area contributed by atoms with Gasteiger partial charge in [0.05, 0.1) is 20.1 Å². The van der Waals surface area contributed by atoms with Gasteiger partial charge in [-0.25, -0.2) is 9.18 Å². The lowest BCUT2D eigenvalue weighted by Gasteiger charge is -2.39. The van der Waals surface area contributed by atoms with Crippen LogP contribution in [0, 0.1) is 5.82 Å². The molecule has 28 heavy (non-hydrogen) atoms. The number of aromatic nitrogens is 1. The molecule has 1 aliphatic heterocycles. The number of halogens is 2. The van der Waals surface area contributed by atoms with Crippen LogP contribution in [0.4, 0.5) is 4.39 Å². The molecule has 0 radical (unpaired) electrons. The number of nitrogens with two attached hydrogens (primary N) is 1. The third-order valence-electron chi connectivity index (χ3n) is 4.52. The molecule has 0 aliphatic carbocycles. The zero-order valence-corrected chi connectivity index (χ0v) is 16.2. The molecule has 1 aliphatic rings. The number of imide groups is 1. The molecule has 8 nitrogen and oxygen atoms in total. The van der Waals surface area contributed by atoms with Crippen molar-refractivity contribution in [2.24, 2.45) is 5.73 Å². The third-order valence-corrected chi connectivity index (χ3v) is 5.01. The summed E-state index contributed by atoms with van der Waals surface area (Å²) in [5.41, 5.74) is 3.13. The molecule has 0 saturated heterocycles. The highest BCUT2D eigenvalue weighted by atomic mass is 79.9. The first-order valence-corrected chi connectivity index (χ1v) is 8.86. The van der Waals surface area contributed by atoms with Gasteiger partial charge in [0.25, 0.3) is 11.8 Å². The second-order valence-electron chi connectivity index (χ2n) is 6.19. The lowest BCUT2D eigenvalue weighted by atomic mass is 9.89. The minimum Gasteiger partial charge on any atom is -0.467 e. The minimum atomic E-state index is -2.18. The van der Waals surface area contributed by atoms with E-state index in [0.29, 0.717) is 4.47 Å². The van der Waals surface area contributed by atoms with E-state index in [9.17, 15) is 23.6 Å². The Morgan fingerprint density at radius 3 is 2.61 bits per heavy atom. The number of amides is 3. The van der Waals surface area contributed by atoms with E-state index in [0.717, 1.165) is 16.6 Å². The Balaban J connectivity index is 2.16. The zero-order valence-electron chi connectivity index (χ0n) is 14.6. The molecule has 0 unspecified atom stereocenters. The van der Waals surface area contributed by atoms with Crippen molar-refractivity contribution in [1.29, 1.82) is 0 Å². The van der Waals surface area contributed by atoms with E-state index in [1.165, 1.54) is 30.5 Å². The molecule has 10 heteroatoms. The number of rotatable bonds is 5. The third kappa shape index (κ3) is 2.99. The maximum Gasteiger partial charge on any atom is 0.342 e. The smallest absolute Gasteiger partial charge is 0.342 e. The van der Waals surface area contributed by atoms with E-state index in [2.05, 4.69) is 15.9 Å². The van der Waals surface area contributed by atoms with Crippen LogP contribution < -0.4 is 5.73 Å². The number of hydrogen-bond donors (Lipinski definition) is 1. The molecule has 2 aromatic rings. The lowest BCUT2D eigenvalue weighted by molar-refractivity contribution is -0.164. The van der Waals surface area contributed by atoms with Crippen molar-refractivity contribution >= 4 is 39.6 Å². The van der Waals surface area contributed by atoms with Crippen molar-refractivity contribution in [2.75, 3.05) is 7.11 Å². The van der Waals surface area contributed by atoms with Gasteiger partial charge in [-0.2, -0.15) is 0 Å². The number of primary amides is 1. The van der Waals surface area contributed by atoms with Gasteiger partial charge in [-0.05, 0) is 24.3 Å². The Morgan fingerprint density at radius 2 is 2.00 bits per heavy atom. The molecule has 0 saturated carbocycles. The van der Waals surface area contributed by atoms with Gasteiger partial charge in [0.2, 0.25) is 11.4 Å². The van der Waals surface area contributed by atoms with Gasteiger partial charge >= 0.3 is 5.97 Å². The Hall–Kier alpha value is -3.01. The van der Waals surface area contributed by atoms with E-state index in [4.69, 9.17) is 10.5 Å². The van der Waals surface area contributed by atoms with Gasteiger partial charge in [-0.3, -0.25) is 19.3 Å². The molecule has 2 heterocycles. The van der Waals surface area contributed by atoms with Crippen LogP contribution in [0.15, 0.2) is 41.0 Å². The molecule has 3 rings (SSSR count). The van der Waals surface area contributed by atoms with Crippen LogP contribution >= 0.6 is 15.9 Å². The van der Waals surface area contributed by atoms with E-state index in [-0.39, 0.29) is 11.3 Å². The van der Waals surface area contributed by atoms with Gasteiger partial charge in [0.15, 0.2) is 0 Å². The molecule has 1 atom stereocenters. The van der Waals surface area contributed by atoms with E-state index < -0.39 is 48.0 Å². The molecule has 1 aromatic carbocycles. The average molecular weight is 452 g/mol. The maximum absolute atomic E-state index is 14.3. The summed E-state index contributed by atoms with van der Waals surface area (Å²) in [7, 11) is 1.05.